The van der Waals surface area contributed by atoms with Crippen molar-refractivity contribution in [2.24, 2.45) is 11.8 Å². The highest BCUT2D eigenvalue weighted by Gasteiger charge is 2.52. The molecule has 0 spiro atoms. The Bertz CT molecular complexity index is 884. The van der Waals surface area contributed by atoms with Crippen LogP contribution >= 0.6 is 59.4 Å². The first-order valence-electron chi connectivity index (χ1n) is 9.13. The lowest BCUT2D eigenvalue weighted by Gasteiger charge is -2.29. The molecule has 1 aliphatic carbocycles. The number of aryl methyl sites for hydroxylation is 1. The Morgan fingerprint density at radius 1 is 1.17 bits per heavy atom. The average molecular weight is 630 g/mol. The van der Waals surface area contributed by atoms with Crippen molar-refractivity contribution < 1.29 is 23.9 Å². The average Bonchev–Trinajstić information content (AvgIpc) is 2.89. The van der Waals surface area contributed by atoms with E-state index >= 15 is 0 Å². The highest BCUT2D eigenvalue weighted by atomic mass is 79.9. The van der Waals surface area contributed by atoms with Gasteiger partial charge in [0.1, 0.15) is 6.54 Å². The predicted molar refractivity (Wildman–Crippen MR) is 122 cm³/mol. The molecular weight excluding hydrogens is 611 g/mol. The topological polar surface area (TPSA) is 92.8 Å². The van der Waals surface area contributed by atoms with Gasteiger partial charge >= 0.3 is 5.97 Å². The van der Waals surface area contributed by atoms with Crippen molar-refractivity contribution in [3.63, 3.8) is 0 Å². The van der Waals surface area contributed by atoms with E-state index in [0.717, 1.165) is 10.5 Å². The van der Waals surface area contributed by atoms with Crippen molar-refractivity contribution in [2.75, 3.05) is 18.5 Å². The fourth-order valence-corrected chi connectivity index (χ4v) is 5.47. The number of fused-ring (bicyclic) bond motifs is 1. The number of alkyl halides is 2. The van der Waals surface area contributed by atoms with Crippen LogP contribution in [0.25, 0.3) is 0 Å². The van der Waals surface area contributed by atoms with Crippen LogP contribution in [0.15, 0.2) is 16.6 Å². The van der Waals surface area contributed by atoms with Gasteiger partial charge < -0.3 is 10.1 Å². The van der Waals surface area contributed by atoms with Gasteiger partial charge in [-0.3, -0.25) is 24.1 Å². The second-order valence-electron chi connectivity index (χ2n) is 7.27. The standard InChI is InChI=1S/C19H18Br3ClN2O5/c1-8-2-13(22)14(23)5-15(8)24-16(26)7-30-17(27)6-25-18(28)9-3-11(20)12(21)4-10(9)19(25)29/h2,5,9-12H,3-4,6-7H2,1H3,(H,24,26)/t9-,10-,11-,12+/m1/s1. The summed E-state index contributed by atoms with van der Waals surface area (Å²) in [6, 6.07) is 3.33. The lowest BCUT2D eigenvalue weighted by atomic mass is 9.81. The van der Waals surface area contributed by atoms with Gasteiger partial charge in [-0.15, -0.1) is 0 Å². The van der Waals surface area contributed by atoms with E-state index in [4.69, 9.17) is 16.3 Å². The third-order valence-electron chi connectivity index (χ3n) is 5.20. The largest absolute Gasteiger partial charge is 0.454 e. The lowest BCUT2D eigenvalue weighted by Crippen LogP contribution is -2.37. The van der Waals surface area contributed by atoms with E-state index in [2.05, 4.69) is 53.1 Å². The van der Waals surface area contributed by atoms with E-state index in [-0.39, 0.29) is 21.5 Å². The van der Waals surface area contributed by atoms with Crippen LogP contribution < -0.4 is 5.32 Å². The molecule has 2 aliphatic rings. The normalized spacial score (nSPS) is 25.8. The maximum absolute atomic E-state index is 12.6. The van der Waals surface area contributed by atoms with Gasteiger partial charge in [0.05, 0.1) is 16.9 Å². The van der Waals surface area contributed by atoms with Crippen LogP contribution in [-0.4, -0.2) is 51.4 Å². The second-order valence-corrected chi connectivity index (χ2v) is 10.9. The first-order chi connectivity index (χ1) is 14.1. The molecule has 3 rings (SSSR count). The number of nitrogens with zero attached hydrogens (tertiary/aromatic N) is 1. The maximum Gasteiger partial charge on any atom is 0.326 e. The quantitative estimate of drug-likeness (QED) is 0.304. The number of benzene rings is 1. The summed E-state index contributed by atoms with van der Waals surface area (Å²) in [5, 5.41) is 3.04. The molecule has 1 saturated heterocycles. The Hall–Kier alpha value is -0.970. The zero-order valence-corrected chi connectivity index (χ0v) is 21.3. The molecule has 4 atom stereocenters. The Morgan fingerprint density at radius 3 is 2.30 bits per heavy atom. The van der Waals surface area contributed by atoms with E-state index in [9.17, 15) is 19.2 Å². The molecule has 0 aromatic heterocycles. The molecule has 3 amide bonds. The van der Waals surface area contributed by atoms with E-state index in [1.807, 2.05) is 0 Å². The Balaban J connectivity index is 1.53. The van der Waals surface area contributed by atoms with E-state index in [1.165, 1.54) is 0 Å². The fraction of sp³-hybridized carbons (Fsp3) is 0.474. The minimum atomic E-state index is -0.818. The first kappa shape index (κ1) is 23.7. The van der Waals surface area contributed by atoms with Crippen LogP contribution in [0.4, 0.5) is 5.69 Å². The van der Waals surface area contributed by atoms with Crippen LogP contribution in [-0.2, 0) is 23.9 Å². The summed E-state index contributed by atoms with van der Waals surface area (Å²) in [4.78, 5) is 50.5. The zero-order valence-electron chi connectivity index (χ0n) is 15.8. The first-order valence-corrected chi connectivity index (χ1v) is 12.1. The van der Waals surface area contributed by atoms with Crippen LogP contribution in [0, 0.1) is 18.8 Å². The van der Waals surface area contributed by atoms with Crippen LogP contribution in [0.2, 0.25) is 5.02 Å². The number of hydrogen-bond donors (Lipinski definition) is 1. The molecule has 1 N–H and O–H groups in total. The molecule has 1 aromatic rings. The van der Waals surface area contributed by atoms with Crippen molar-refractivity contribution >= 4 is 88.8 Å². The lowest BCUT2D eigenvalue weighted by molar-refractivity contribution is -0.154. The van der Waals surface area contributed by atoms with Crippen LogP contribution in [0.1, 0.15) is 18.4 Å². The highest BCUT2D eigenvalue weighted by molar-refractivity contribution is 9.12. The molecule has 30 heavy (non-hydrogen) atoms. The summed E-state index contributed by atoms with van der Waals surface area (Å²) in [7, 11) is 0. The Kier molecular flexibility index (Phi) is 7.63. The smallest absolute Gasteiger partial charge is 0.326 e. The Morgan fingerprint density at radius 2 is 1.73 bits per heavy atom. The minimum Gasteiger partial charge on any atom is -0.454 e. The second kappa shape index (κ2) is 9.67. The van der Waals surface area contributed by atoms with Gasteiger partial charge in [-0.05, 0) is 53.4 Å². The number of halogens is 4. The van der Waals surface area contributed by atoms with E-state index in [1.54, 1.807) is 19.1 Å². The third kappa shape index (κ3) is 5.08. The van der Waals surface area contributed by atoms with Gasteiger partial charge in [-0.25, -0.2) is 0 Å². The number of amides is 3. The van der Waals surface area contributed by atoms with Gasteiger partial charge in [0.15, 0.2) is 6.61 Å². The molecule has 1 aromatic carbocycles. The third-order valence-corrected chi connectivity index (χ3v) is 9.13. The number of nitrogens with one attached hydrogen (secondary N) is 1. The number of anilines is 1. The number of rotatable bonds is 5. The van der Waals surface area contributed by atoms with Gasteiger partial charge in [0, 0.05) is 19.8 Å². The summed E-state index contributed by atoms with van der Waals surface area (Å²) in [5.41, 5.74) is 1.27. The Labute approximate surface area is 203 Å². The monoisotopic (exact) mass is 626 g/mol. The summed E-state index contributed by atoms with van der Waals surface area (Å²) < 4.78 is 5.66. The number of esters is 1. The molecule has 1 aliphatic heterocycles. The van der Waals surface area contributed by atoms with Crippen LogP contribution in [0.5, 0.6) is 0 Å². The number of likely N-dealkylation sites (tertiary alicyclic amines) is 1. The van der Waals surface area contributed by atoms with Gasteiger partial charge in [-0.1, -0.05) is 43.5 Å². The molecule has 11 heteroatoms. The molecule has 2 fully saturated rings. The van der Waals surface area contributed by atoms with Crippen LogP contribution in [0.3, 0.4) is 0 Å². The van der Waals surface area contributed by atoms with Crippen molar-refractivity contribution in [2.45, 2.75) is 29.4 Å². The molecule has 0 radical (unpaired) electrons. The molecule has 0 bridgehead atoms. The van der Waals surface area contributed by atoms with Crippen molar-refractivity contribution in [1.29, 1.82) is 0 Å². The van der Waals surface area contributed by atoms with Crippen molar-refractivity contribution in [3.8, 4) is 0 Å². The zero-order chi connectivity index (χ0) is 22.2. The molecule has 7 nitrogen and oxygen atoms in total. The SMILES string of the molecule is Cc1cc(Br)c(Cl)cc1NC(=O)COC(=O)CN1C(=O)[C@@H]2C[C@@H](Br)[C@@H](Br)C[C@H]2C1=O. The molecule has 1 heterocycles. The number of ether oxygens (including phenoxy) is 1. The summed E-state index contributed by atoms with van der Waals surface area (Å²) in [6.07, 6.45) is 1.04. The molecule has 162 valence electrons. The summed E-state index contributed by atoms with van der Waals surface area (Å²) in [6.45, 7) is 0.755. The van der Waals surface area contributed by atoms with Crippen molar-refractivity contribution in [1.82, 2.24) is 4.90 Å². The molecule has 0 unspecified atom stereocenters. The minimum absolute atomic E-state index is 0.0849. The number of carbonyl (C=O) groups is 4. The highest BCUT2D eigenvalue weighted by Crippen LogP contribution is 2.43. The fourth-order valence-electron chi connectivity index (χ4n) is 3.61. The number of carbonyl (C=O) groups excluding carboxylic acids is 4. The van der Waals surface area contributed by atoms with Crippen molar-refractivity contribution in [3.05, 3.63) is 27.2 Å². The van der Waals surface area contributed by atoms with E-state index < -0.39 is 36.9 Å². The molecular formula is C19H18Br3ClN2O5. The predicted octanol–water partition coefficient (Wildman–Crippen LogP) is 3.81. The van der Waals surface area contributed by atoms with Gasteiger partial charge in [-0.2, -0.15) is 0 Å². The number of hydrogen-bond acceptors (Lipinski definition) is 5. The molecule has 1 saturated carbocycles. The number of imide groups is 1. The summed E-state index contributed by atoms with van der Waals surface area (Å²) in [5.74, 6) is -2.97. The van der Waals surface area contributed by atoms with Gasteiger partial charge in [0.25, 0.3) is 5.91 Å². The maximum atomic E-state index is 12.6. The van der Waals surface area contributed by atoms with E-state index in [0.29, 0.717) is 28.0 Å². The summed E-state index contributed by atoms with van der Waals surface area (Å²) >= 11 is 16.4. The van der Waals surface area contributed by atoms with Gasteiger partial charge in [0.2, 0.25) is 11.8 Å².